The number of benzene rings is 2. The van der Waals surface area contributed by atoms with Crippen molar-refractivity contribution in [2.45, 2.75) is 18.9 Å². The molecule has 0 unspecified atom stereocenters. The predicted molar refractivity (Wildman–Crippen MR) is 100 cm³/mol. The van der Waals surface area contributed by atoms with Gasteiger partial charge in [0.25, 0.3) is 0 Å². The molecular formula is C21H24O5. The van der Waals surface area contributed by atoms with Gasteiger partial charge in [-0.3, -0.25) is 0 Å². The number of aliphatic hydroxyl groups is 1. The Labute approximate surface area is 153 Å². The molecule has 5 nitrogen and oxygen atoms in total. The third-order valence-corrected chi connectivity index (χ3v) is 4.67. The molecule has 0 fully saturated rings. The first-order chi connectivity index (χ1) is 12.6. The van der Waals surface area contributed by atoms with Crippen LogP contribution in [0.5, 0.6) is 23.0 Å². The van der Waals surface area contributed by atoms with Gasteiger partial charge in [-0.15, -0.1) is 0 Å². The smallest absolute Gasteiger partial charge is 0.165 e. The molecule has 0 radical (unpaired) electrons. The summed E-state index contributed by atoms with van der Waals surface area (Å²) in [6, 6.07) is 9.82. The molecule has 2 atom stereocenters. The van der Waals surface area contributed by atoms with Gasteiger partial charge in [-0.05, 0) is 35.4 Å². The van der Waals surface area contributed by atoms with Gasteiger partial charge in [0.15, 0.2) is 23.0 Å². The maximum atomic E-state index is 9.02. The summed E-state index contributed by atoms with van der Waals surface area (Å²) in [6.07, 6.45) is 3.43. The fourth-order valence-electron chi connectivity index (χ4n) is 3.33. The fraction of sp³-hybridized carbons (Fsp3) is 0.333. The summed E-state index contributed by atoms with van der Waals surface area (Å²) in [5, 5.41) is 9.02. The SMILES string of the molecule is COc1ccc([C@H]2Oc3c(OC)cc(/C=C/CO)cc3[C@@H]2C)cc1OC. The molecule has 1 aliphatic rings. The van der Waals surface area contributed by atoms with Gasteiger partial charge in [-0.25, -0.2) is 0 Å². The van der Waals surface area contributed by atoms with E-state index in [9.17, 15) is 0 Å². The molecule has 2 aromatic carbocycles. The molecule has 3 rings (SSSR count). The Balaban J connectivity index is 1.99. The second-order valence-electron chi connectivity index (χ2n) is 6.17. The van der Waals surface area contributed by atoms with Crippen LogP contribution in [0, 0.1) is 0 Å². The zero-order valence-corrected chi connectivity index (χ0v) is 15.5. The molecule has 1 aliphatic heterocycles. The van der Waals surface area contributed by atoms with Gasteiger partial charge in [-0.2, -0.15) is 0 Å². The van der Waals surface area contributed by atoms with Crippen LogP contribution in [0.4, 0.5) is 0 Å². The molecule has 0 spiro atoms. The van der Waals surface area contributed by atoms with Crippen molar-refractivity contribution in [3.8, 4) is 23.0 Å². The molecule has 1 N–H and O–H groups in total. The number of hydrogen-bond acceptors (Lipinski definition) is 5. The highest BCUT2D eigenvalue weighted by Crippen LogP contribution is 2.51. The van der Waals surface area contributed by atoms with E-state index in [-0.39, 0.29) is 18.6 Å². The largest absolute Gasteiger partial charge is 0.493 e. The molecule has 0 saturated carbocycles. The Morgan fingerprint density at radius 1 is 1.00 bits per heavy atom. The number of aliphatic hydroxyl groups excluding tert-OH is 1. The van der Waals surface area contributed by atoms with Gasteiger partial charge in [0, 0.05) is 11.5 Å². The van der Waals surface area contributed by atoms with Crippen LogP contribution in [0.1, 0.15) is 35.6 Å². The molecule has 1 heterocycles. The Morgan fingerprint density at radius 2 is 1.73 bits per heavy atom. The van der Waals surface area contributed by atoms with Crippen molar-refractivity contribution in [2.24, 2.45) is 0 Å². The van der Waals surface area contributed by atoms with Crippen LogP contribution in [0.3, 0.4) is 0 Å². The Kier molecular flexibility index (Phi) is 5.38. The molecule has 0 aromatic heterocycles. The monoisotopic (exact) mass is 356 g/mol. The van der Waals surface area contributed by atoms with E-state index in [1.54, 1.807) is 27.4 Å². The van der Waals surface area contributed by atoms with E-state index in [4.69, 9.17) is 24.1 Å². The average molecular weight is 356 g/mol. The topological polar surface area (TPSA) is 57.2 Å². The molecule has 0 aliphatic carbocycles. The first-order valence-electron chi connectivity index (χ1n) is 8.50. The Hall–Kier alpha value is -2.66. The van der Waals surface area contributed by atoms with Crippen LogP contribution < -0.4 is 18.9 Å². The average Bonchev–Trinajstić information content (AvgIpc) is 3.01. The van der Waals surface area contributed by atoms with Crippen molar-refractivity contribution in [1.82, 2.24) is 0 Å². The predicted octanol–water partition coefficient (Wildman–Crippen LogP) is 3.96. The maximum absolute atomic E-state index is 9.02. The molecule has 26 heavy (non-hydrogen) atoms. The third kappa shape index (κ3) is 3.22. The number of methoxy groups -OCH3 is 3. The zero-order valence-electron chi connectivity index (χ0n) is 15.5. The summed E-state index contributed by atoms with van der Waals surface area (Å²) in [5.74, 6) is 2.96. The van der Waals surface area contributed by atoms with Crippen molar-refractivity contribution < 1.29 is 24.1 Å². The number of rotatable bonds is 6. The van der Waals surface area contributed by atoms with Gasteiger partial charge >= 0.3 is 0 Å². The quantitative estimate of drug-likeness (QED) is 0.849. The van der Waals surface area contributed by atoms with E-state index < -0.39 is 0 Å². The second kappa shape index (κ2) is 7.70. The first-order valence-corrected chi connectivity index (χ1v) is 8.50. The van der Waals surface area contributed by atoms with Gasteiger partial charge in [0.05, 0.1) is 27.9 Å². The third-order valence-electron chi connectivity index (χ3n) is 4.67. The summed E-state index contributed by atoms with van der Waals surface area (Å²) in [5.41, 5.74) is 3.07. The summed E-state index contributed by atoms with van der Waals surface area (Å²) in [4.78, 5) is 0. The lowest BCUT2D eigenvalue weighted by Crippen LogP contribution is -2.07. The van der Waals surface area contributed by atoms with Gasteiger partial charge in [0.2, 0.25) is 0 Å². The highest BCUT2D eigenvalue weighted by atomic mass is 16.5. The van der Waals surface area contributed by atoms with E-state index in [1.165, 1.54) is 0 Å². The summed E-state index contributed by atoms with van der Waals surface area (Å²) >= 11 is 0. The van der Waals surface area contributed by atoms with E-state index in [0.717, 1.165) is 22.4 Å². The molecule has 0 bridgehead atoms. The van der Waals surface area contributed by atoms with Crippen LogP contribution in [-0.4, -0.2) is 33.0 Å². The summed E-state index contributed by atoms with van der Waals surface area (Å²) in [7, 11) is 4.87. The van der Waals surface area contributed by atoms with E-state index >= 15 is 0 Å². The molecule has 0 amide bonds. The Bertz CT molecular complexity index is 812. The highest BCUT2D eigenvalue weighted by Gasteiger charge is 2.35. The lowest BCUT2D eigenvalue weighted by molar-refractivity contribution is 0.207. The number of ether oxygens (including phenoxy) is 4. The minimum atomic E-state index is -0.143. The van der Waals surface area contributed by atoms with Crippen molar-refractivity contribution >= 4 is 6.08 Å². The van der Waals surface area contributed by atoms with Crippen LogP contribution in [0.25, 0.3) is 6.08 Å². The Morgan fingerprint density at radius 3 is 2.38 bits per heavy atom. The van der Waals surface area contributed by atoms with Crippen LogP contribution in [0.2, 0.25) is 0 Å². The molecule has 5 heteroatoms. The van der Waals surface area contributed by atoms with Crippen LogP contribution in [-0.2, 0) is 0 Å². The van der Waals surface area contributed by atoms with E-state index in [2.05, 4.69) is 13.0 Å². The lowest BCUT2D eigenvalue weighted by Gasteiger charge is -2.18. The molecular weight excluding hydrogens is 332 g/mol. The van der Waals surface area contributed by atoms with E-state index in [1.807, 2.05) is 30.3 Å². The van der Waals surface area contributed by atoms with Crippen molar-refractivity contribution in [3.05, 3.63) is 53.1 Å². The highest BCUT2D eigenvalue weighted by molar-refractivity contribution is 5.62. The fourth-order valence-corrected chi connectivity index (χ4v) is 3.33. The summed E-state index contributed by atoms with van der Waals surface area (Å²) < 4.78 is 22.5. The number of hydrogen-bond donors (Lipinski definition) is 1. The standard InChI is InChI=1S/C21H24O5/c1-13-16-10-14(6-5-9-22)11-19(25-4)21(16)26-20(13)15-7-8-17(23-2)18(12-15)24-3/h5-8,10-13,20,22H,9H2,1-4H3/b6-5+/t13-,20-/m0/s1. The normalized spacial score (nSPS) is 18.5. The van der Waals surface area contributed by atoms with Crippen molar-refractivity contribution in [1.29, 1.82) is 0 Å². The van der Waals surface area contributed by atoms with Crippen LogP contribution >= 0.6 is 0 Å². The zero-order chi connectivity index (χ0) is 18.7. The van der Waals surface area contributed by atoms with Gasteiger partial charge in [-0.1, -0.05) is 25.1 Å². The minimum Gasteiger partial charge on any atom is -0.493 e. The van der Waals surface area contributed by atoms with Crippen molar-refractivity contribution in [2.75, 3.05) is 27.9 Å². The molecule has 2 aromatic rings. The molecule has 138 valence electrons. The molecule has 0 saturated heterocycles. The van der Waals surface area contributed by atoms with Crippen molar-refractivity contribution in [3.63, 3.8) is 0 Å². The van der Waals surface area contributed by atoms with Gasteiger partial charge in [0.1, 0.15) is 6.10 Å². The second-order valence-corrected chi connectivity index (χ2v) is 6.17. The minimum absolute atomic E-state index is 0.000276. The lowest BCUT2D eigenvalue weighted by atomic mass is 9.91. The number of fused-ring (bicyclic) bond motifs is 1. The van der Waals surface area contributed by atoms with Crippen LogP contribution in [0.15, 0.2) is 36.4 Å². The maximum Gasteiger partial charge on any atom is 0.165 e. The summed E-state index contributed by atoms with van der Waals surface area (Å²) in [6.45, 7) is 2.13. The van der Waals surface area contributed by atoms with E-state index in [0.29, 0.717) is 17.2 Å². The van der Waals surface area contributed by atoms with Gasteiger partial charge < -0.3 is 24.1 Å². The first kappa shape index (κ1) is 18.1.